The van der Waals surface area contributed by atoms with Crippen molar-refractivity contribution in [3.05, 3.63) is 53.2 Å². The van der Waals surface area contributed by atoms with Crippen LogP contribution in [0, 0.1) is 13.8 Å². The molecule has 2 rings (SSSR count). The van der Waals surface area contributed by atoms with Crippen LogP contribution in [0.2, 0.25) is 0 Å². The molecule has 0 radical (unpaired) electrons. The van der Waals surface area contributed by atoms with Crippen molar-refractivity contribution in [1.82, 2.24) is 4.98 Å². The van der Waals surface area contributed by atoms with Gasteiger partial charge in [-0.2, -0.15) is 0 Å². The molecule has 1 amide bonds. The van der Waals surface area contributed by atoms with E-state index in [0.29, 0.717) is 11.3 Å². The molecule has 0 aliphatic carbocycles. The first kappa shape index (κ1) is 17.0. The molecule has 1 heterocycles. The van der Waals surface area contributed by atoms with Crippen molar-refractivity contribution in [3.63, 3.8) is 0 Å². The average Bonchev–Trinajstić information content (AvgIpc) is 2.51. The Balaban J connectivity index is 2.18. The number of amides is 1. The van der Waals surface area contributed by atoms with E-state index in [1.165, 1.54) is 25.3 Å². The molecule has 6 nitrogen and oxygen atoms in total. The fraction of sp³-hybridized carbons (Fsp3) is 0.250. The maximum absolute atomic E-state index is 12.3. The lowest BCUT2D eigenvalue weighted by molar-refractivity contribution is 0.102. The van der Waals surface area contributed by atoms with Crippen LogP contribution in [-0.2, 0) is 10.0 Å². The predicted octanol–water partition coefficient (Wildman–Crippen LogP) is 2.71. The first-order valence-electron chi connectivity index (χ1n) is 7.16. The number of nitrogens with one attached hydrogen (secondary N) is 2. The van der Waals surface area contributed by atoms with E-state index in [2.05, 4.69) is 15.0 Å². The highest BCUT2D eigenvalue weighted by Crippen LogP contribution is 2.16. The van der Waals surface area contributed by atoms with Gasteiger partial charge in [-0.1, -0.05) is 6.07 Å². The van der Waals surface area contributed by atoms with Crippen molar-refractivity contribution in [2.24, 2.45) is 0 Å². The first-order chi connectivity index (χ1) is 10.8. The van der Waals surface area contributed by atoms with E-state index in [0.717, 1.165) is 11.1 Å². The van der Waals surface area contributed by atoms with Gasteiger partial charge in [-0.15, -0.1) is 0 Å². The number of hydrogen-bond acceptors (Lipinski definition) is 4. The largest absolute Gasteiger partial charge is 0.322 e. The van der Waals surface area contributed by atoms with Gasteiger partial charge < -0.3 is 5.32 Å². The second-order valence-corrected chi connectivity index (χ2v) is 7.20. The summed E-state index contributed by atoms with van der Waals surface area (Å²) in [4.78, 5) is 16.2. The monoisotopic (exact) mass is 333 g/mol. The third kappa shape index (κ3) is 4.53. The highest BCUT2D eigenvalue weighted by atomic mass is 32.2. The number of sulfonamides is 1. The smallest absolute Gasteiger partial charge is 0.255 e. The van der Waals surface area contributed by atoms with Gasteiger partial charge in [-0.3, -0.25) is 9.52 Å². The van der Waals surface area contributed by atoms with Gasteiger partial charge in [0, 0.05) is 17.4 Å². The summed E-state index contributed by atoms with van der Waals surface area (Å²) in [7, 11) is -3.43. The topological polar surface area (TPSA) is 88.2 Å². The second kappa shape index (κ2) is 6.78. The minimum absolute atomic E-state index is 0.0618. The minimum atomic E-state index is -3.43. The SMILES string of the molecule is CCS(=O)(=O)Nc1cc(C(=O)Nc2ccc(C)c(C)c2)ccn1. The second-order valence-electron chi connectivity index (χ2n) is 5.19. The highest BCUT2D eigenvalue weighted by molar-refractivity contribution is 7.92. The van der Waals surface area contributed by atoms with E-state index in [1.807, 2.05) is 32.0 Å². The van der Waals surface area contributed by atoms with Crippen LogP contribution in [0.5, 0.6) is 0 Å². The summed E-state index contributed by atoms with van der Waals surface area (Å²) in [5.74, 6) is -0.263. The molecule has 0 bridgehead atoms. The van der Waals surface area contributed by atoms with Crippen LogP contribution in [0.15, 0.2) is 36.5 Å². The zero-order valence-electron chi connectivity index (χ0n) is 13.3. The van der Waals surface area contributed by atoms with Crippen LogP contribution in [0.3, 0.4) is 0 Å². The maximum Gasteiger partial charge on any atom is 0.255 e. The van der Waals surface area contributed by atoms with Crippen LogP contribution >= 0.6 is 0 Å². The molecule has 1 aromatic carbocycles. The summed E-state index contributed by atoms with van der Waals surface area (Å²) >= 11 is 0. The summed E-state index contributed by atoms with van der Waals surface area (Å²) < 4.78 is 25.4. The fourth-order valence-corrected chi connectivity index (χ4v) is 2.46. The number of aromatic nitrogens is 1. The summed E-state index contributed by atoms with van der Waals surface area (Å²) in [6, 6.07) is 8.57. The Morgan fingerprint density at radius 2 is 1.87 bits per heavy atom. The van der Waals surface area contributed by atoms with Crippen molar-refractivity contribution in [1.29, 1.82) is 0 Å². The van der Waals surface area contributed by atoms with E-state index in [4.69, 9.17) is 0 Å². The first-order valence-corrected chi connectivity index (χ1v) is 8.81. The summed E-state index contributed by atoms with van der Waals surface area (Å²) in [5.41, 5.74) is 3.23. The molecule has 0 unspecified atom stereocenters. The molecule has 0 spiro atoms. The molecular weight excluding hydrogens is 314 g/mol. The van der Waals surface area contributed by atoms with E-state index < -0.39 is 10.0 Å². The van der Waals surface area contributed by atoms with E-state index in [9.17, 15) is 13.2 Å². The summed E-state index contributed by atoms with van der Waals surface area (Å²) in [6.07, 6.45) is 1.39. The molecule has 7 heteroatoms. The molecule has 0 saturated carbocycles. The summed E-state index contributed by atoms with van der Waals surface area (Å²) in [6.45, 7) is 5.49. The van der Waals surface area contributed by atoms with E-state index in [1.54, 1.807) is 0 Å². The Kier molecular flexibility index (Phi) is 5.00. The summed E-state index contributed by atoms with van der Waals surface area (Å²) in [5, 5.41) is 2.79. The normalized spacial score (nSPS) is 11.1. The zero-order valence-corrected chi connectivity index (χ0v) is 14.1. The van der Waals surface area contributed by atoms with Gasteiger partial charge in [0.15, 0.2) is 0 Å². The molecular formula is C16H19N3O3S. The molecule has 0 atom stereocenters. The van der Waals surface area contributed by atoms with Crippen LogP contribution in [0.1, 0.15) is 28.4 Å². The zero-order chi connectivity index (χ0) is 17.0. The molecule has 2 aromatic rings. The number of rotatable bonds is 5. The quantitative estimate of drug-likeness (QED) is 0.880. The number of benzene rings is 1. The van der Waals surface area contributed by atoms with Crippen molar-refractivity contribution in [2.45, 2.75) is 20.8 Å². The van der Waals surface area contributed by atoms with Crippen LogP contribution in [-0.4, -0.2) is 25.1 Å². The molecule has 2 N–H and O–H groups in total. The maximum atomic E-state index is 12.3. The number of aryl methyl sites for hydroxylation is 2. The van der Waals surface area contributed by atoms with Crippen molar-refractivity contribution < 1.29 is 13.2 Å². The van der Waals surface area contributed by atoms with Gasteiger partial charge in [0.25, 0.3) is 5.91 Å². The Morgan fingerprint density at radius 1 is 1.13 bits per heavy atom. The lowest BCUT2D eigenvalue weighted by Gasteiger charge is -2.09. The number of carbonyl (C=O) groups excluding carboxylic acids is 1. The highest BCUT2D eigenvalue weighted by Gasteiger charge is 2.11. The number of pyridine rings is 1. The Hall–Kier alpha value is -2.41. The third-order valence-corrected chi connectivity index (χ3v) is 4.71. The molecule has 1 aromatic heterocycles. The van der Waals surface area contributed by atoms with E-state index >= 15 is 0 Å². The van der Waals surface area contributed by atoms with Gasteiger partial charge in [0.05, 0.1) is 5.75 Å². The van der Waals surface area contributed by atoms with Crippen molar-refractivity contribution in [3.8, 4) is 0 Å². The molecule has 0 saturated heterocycles. The minimum Gasteiger partial charge on any atom is -0.322 e. The lowest BCUT2D eigenvalue weighted by atomic mass is 10.1. The van der Waals surface area contributed by atoms with Crippen LogP contribution < -0.4 is 10.0 Å². The van der Waals surface area contributed by atoms with Gasteiger partial charge in [-0.25, -0.2) is 13.4 Å². The Labute approximate surface area is 136 Å². The van der Waals surface area contributed by atoms with Crippen molar-refractivity contribution in [2.75, 3.05) is 15.8 Å². The molecule has 0 aliphatic rings. The van der Waals surface area contributed by atoms with Crippen LogP contribution in [0.4, 0.5) is 11.5 Å². The lowest BCUT2D eigenvalue weighted by Crippen LogP contribution is -2.17. The van der Waals surface area contributed by atoms with Gasteiger partial charge >= 0.3 is 0 Å². The third-order valence-electron chi connectivity index (χ3n) is 3.43. The Morgan fingerprint density at radius 3 is 2.52 bits per heavy atom. The molecule has 23 heavy (non-hydrogen) atoms. The van der Waals surface area contributed by atoms with Gasteiger partial charge in [0.1, 0.15) is 5.82 Å². The van der Waals surface area contributed by atoms with Gasteiger partial charge in [-0.05, 0) is 56.2 Å². The average molecular weight is 333 g/mol. The number of nitrogens with zero attached hydrogens (tertiary/aromatic N) is 1. The molecule has 0 aliphatic heterocycles. The molecule has 0 fully saturated rings. The van der Waals surface area contributed by atoms with E-state index in [-0.39, 0.29) is 17.5 Å². The Bertz CT molecular complexity index is 832. The predicted molar refractivity (Wildman–Crippen MR) is 91.2 cm³/mol. The number of carbonyl (C=O) groups is 1. The van der Waals surface area contributed by atoms with Crippen LogP contribution in [0.25, 0.3) is 0 Å². The number of anilines is 2. The standard InChI is InChI=1S/C16H19N3O3S/c1-4-23(21,22)19-15-10-13(7-8-17-15)16(20)18-14-6-5-11(2)12(3)9-14/h5-10H,4H2,1-3H3,(H,17,19)(H,18,20). The van der Waals surface area contributed by atoms with Gasteiger partial charge in [0.2, 0.25) is 10.0 Å². The van der Waals surface area contributed by atoms with Crippen molar-refractivity contribution >= 4 is 27.4 Å². The fourth-order valence-electron chi connectivity index (χ4n) is 1.88. The number of hydrogen-bond donors (Lipinski definition) is 2. The molecule has 122 valence electrons.